The average molecular weight is 306 g/mol. The third-order valence-corrected chi connectivity index (χ3v) is 3.66. The van der Waals surface area contributed by atoms with E-state index in [1.165, 1.54) is 5.56 Å². The van der Waals surface area contributed by atoms with Gasteiger partial charge in [0.05, 0.1) is 6.33 Å². The van der Waals surface area contributed by atoms with Crippen molar-refractivity contribution in [2.24, 2.45) is 0 Å². The summed E-state index contributed by atoms with van der Waals surface area (Å²) < 4.78 is 1.98. The van der Waals surface area contributed by atoms with Crippen LogP contribution in [0.15, 0.2) is 43.0 Å². The van der Waals surface area contributed by atoms with Crippen molar-refractivity contribution in [2.45, 2.75) is 32.2 Å². The molecule has 112 valence electrons. The molecule has 1 heterocycles. The van der Waals surface area contributed by atoms with Crippen LogP contribution in [0.25, 0.3) is 0 Å². The zero-order valence-corrected chi connectivity index (χ0v) is 12.9. The predicted molar refractivity (Wildman–Crippen MR) is 84.3 cm³/mol. The van der Waals surface area contributed by atoms with E-state index in [0.29, 0.717) is 13.0 Å². The largest absolute Gasteiger partial charge is 0.354 e. The van der Waals surface area contributed by atoms with Gasteiger partial charge in [0.2, 0.25) is 5.91 Å². The lowest BCUT2D eigenvalue weighted by Crippen LogP contribution is -2.29. The lowest BCUT2D eigenvalue weighted by atomic mass is 10.1. The SMILES string of the molecule is C[C@@H](CNC(=O)CCCc1ccc(Cl)cc1)n1ccnc1. The van der Waals surface area contributed by atoms with Crippen molar-refractivity contribution >= 4 is 17.5 Å². The second kappa shape index (κ2) is 7.84. The number of benzene rings is 1. The molecule has 1 aromatic carbocycles. The van der Waals surface area contributed by atoms with E-state index < -0.39 is 0 Å². The van der Waals surface area contributed by atoms with Crippen molar-refractivity contribution in [1.82, 2.24) is 14.9 Å². The molecule has 0 saturated carbocycles. The van der Waals surface area contributed by atoms with Crippen LogP contribution in [0.2, 0.25) is 5.02 Å². The number of imidazole rings is 1. The maximum Gasteiger partial charge on any atom is 0.220 e. The third-order valence-electron chi connectivity index (χ3n) is 3.41. The topological polar surface area (TPSA) is 46.9 Å². The highest BCUT2D eigenvalue weighted by atomic mass is 35.5. The van der Waals surface area contributed by atoms with Crippen molar-refractivity contribution in [3.63, 3.8) is 0 Å². The van der Waals surface area contributed by atoms with Gasteiger partial charge in [-0.2, -0.15) is 0 Å². The number of hydrogen-bond donors (Lipinski definition) is 1. The fraction of sp³-hybridized carbons (Fsp3) is 0.375. The summed E-state index contributed by atoms with van der Waals surface area (Å²) in [5.74, 6) is 0.0935. The second-order valence-electron chi connectivity index (χ2n) is 5.14. The van der Waals surface area contributed by atoms with E-state index in [1.54, 1.807) is 12.5 Å². The highest BCUT2D eigenvalue weighted by Gasteiger charge is 2.06. The third kappa shape index (κ3) is 5.23. The summed E-state index contributed by atoms with van der Waals surface area (Å²) in [4.78, 5) is 15.8. The Hall–Kier alpha value is -1.81. The molecule has 0 aliphatic heterocycles. The number of nitrogens with one attached hydrogen (secondary N) is 1. The molecule has 2 aromatic rings. The number of amides is 1. The van der Waals surface area contributed by atoms with E-state index in [4.69, 9.17) is 11.6 Å². The molecule has 0 radical (unpaired) electrons. The summed E-state index contributed by atoms with van der Waals surface area (Å²) in [7, 11) is 0. The Morgan fingerprint density at radius 2 is 2.14 bits per heavy atom. The summed E-state index contributed by atoms with van der Waals surface area (Å²) in [5.41, 5.74) is 1.21. The quantitative estimate of drug-likeness (QED) is 0.853. The van der Waals surface area contributed by atoms with Crippen LogP contribution in [0.4, 0.5) is 0 Å². The van der Waals surface area contributed by atoms with Crippen LogP contribution in [0.1, 0.15) is 31.4 Å². The van der Waals surface area contributed by atoms with Crippen LogP contribution < -0.4 is 5.32 Å². The van der Waals surface area contributed by atoms with Gasteiger partial charge in [0, 0.05) is 36.4 Å². The zero-order chi connectivity index (χ0) is 15.1. The minimum Gasteiger partial charge on any atom is -0.354 e. The molecular formula is C16H20ClN3O. The lowest BCUT2D eigenvalue weighted by molar-refractivity contribution is -0.121. The highest BCUT2D eigenvalue weighted by molar-refractivity contribution is 6.30. The summed E-state index contributed by atoms with van der Waals surface area (Å²) in [6, 6.07) is 7.98. The number of nitrogens with zero attached hydrogens (tertiary/aromatic N) is 2. The van der Waals surface area contributed by atoms with Gasteiger partial charge < -0.3 is 9.88 Å². The standard InChI is InChI=1S/C16H20ClN3O/c1-13(20-10-9-18-12-20)11-19-16(21)4-2-3-14-5-7-15(17)8-6-14/h5-10,12-13H,2-4,11H2,1H3,(H,19,21)/t13-/m0/s1. The predicted octanol–water partition coefficient (Wildman–Crippen LogP) is 3.24. The number of carbonyl (C=O) groups is 1. The maximum absolute atomic E-state index is 11.8. The smallest absolute Gasteiger partial charge is 0.220 e. The number of aromatic nitrogens is 2. The fourth-order valence-corrected chi connectivity index (χ4v) is 2.22. The average Bonchev–Trinajstić information content (AvgIpc) is 3.01. The second-order valence-corrected chi connectivity index (χ2v) is 5.58. The van der Waals surface area contributed by atoms with Crippen molar-refractivity contribution in [1.29, 1.82) is 0 Å². The molecule has 1 aromatic heterocycles. The van der Waals surface area contributed by atoms with Gasteiger partial charge in [-0.15, -0.1) is 0 Å². The van der Waals surface area contributed by atoms with E-state index >= 15 is 0 Å². The molecule has 0 bridgehead atoms. The molecule has 1 amide bonds. The van der Waals surface area contributed by atoms with Crippen LogP contribution in [-0.2, 0) is 11.2 Å². The Morgan fingerprint density at radius 1 is 1.38 bits per heavy atom. The van der Waals surface area contributed by atoms with Crippen molar-refractivity contribution < 1.29 is 4.79 Å². The Labute approximate surface area is 130 Å². The molecule has 1 N–H and O–H groups in total. The van der Waals surface area contributed by atoms with E-state index in [0.717, 1.165) is 17.9 Å². The summed E-state index contributed by atoms with van der Waals surface area (Å²) in [6.07, 6.45) is 7.67. The van der Waals surface area contributed by atoms with E-state index in [2.05, 4.69) is 17.2 Å². The molecule has 5 heteroatoms. The van der Waals surface area contributed by atoms with E-state index in [1.807, 2.05) is 35.0 Å². The molecule has 4 nitrogen and oxygen atoms in total. The summed E-state index contributed by atoms with van der Waals surface area (Å²) >= 11 is 5.84. The van der Waals surface area contributed by atoms with E-state index in [9.17, 15) is 4.79 Å². The van der Waals surface area contributed by atoms with Gasteiger partial charge in [0.25, 0.3) is 0 Å². The normalized spacial score (nSPS) is 12.1. The number of aryl methyl sites for hydroxylation is 1. The summed E-state index contributed by atoms with van der Waals surface area (Å²) in [6.45, 7) is 2.67. The first kappa shape index (κ1) is 15.6. The molecule has 0 fully saturated rings. The molecule has 0 spiro atoms. The first-order valence-corrected chi connectivity index (χ1v) is 7.51. The molecule has 2 rings (SSSR count). The highest BCUT2D eigenvalue weighted by Crippen LogP contribution is 2.11. The van der Waals surface area contributed by atoms with Gasteiger partial charge in [-0.05, 0) is 37.5 Å². The molecule has 0 aliphatic carbocycles. The number of carbonyl (C=O) groups excluding carboxylic acids is 1. The van der Waals surface area contributed by atoms with Gasteiger partial charge in [0.1, 0.15) is 0 Å². The van der Waals surface area contributed by atoms with Crippen LogP contribution >= 0.6 is 11.6 Å². The van der Waals surface area contributed by atoms with Gasteiger partial charge in [-0.3, -0.25) is 4.79 Å². The molecule has 0 saturated heterocycles. The number of hydrogen-bond acceptors (Lipinski definition) is 2. The molecular weight excluding hydrogens is 286 g/mol. The Kier molecular flexibility index (Phi) is 5.81. The van der Waals surface area contributed by atoms with Crippen molar-refractivity contribution in [2.75, 3.05) is 6.54 Å². The maximum atomic E-state index is 11.8. The molecule has 21 heavy (non-hydrogen) atoms. The Morgan fingerprint density at radius 3 is 2.81 bits per heavy atom. The van der Waals surface area contributed by atoms with Crippen LogP contribution in [0, 0.1) is 0 Å². The van der Waals surface area contributed by atoms with Crippen LogP contribution in [0.3, 0.4) is 0 Å². The molecule has 1 atom stereocenters. The molecule has 0 unspecified atom stereocenters. The Balaban J connectivity index is 1.64. The first-order chi connectivity index (χ1) is 10.1. The fourth-order valence-electron chi connectivity index (χ4n) is 2.09. The monoisotopic (exact) mass is 305 g/mol. The minimum absolute atomic E-state index is 0.0935. The van der Waals surface area contributed by atoms with Crippen LogP contribution in [-0.4, -0.2) is 22.0 Å². The molecule has 0 aliphatic rings. The zero-order valence-electron chi connectivity index (χ0n) is 12.1. The lowest BCUT2D eigenvalue weighted by Gasteiger charge is -2.13. The number of rotatable bonds is 7. The minimum atomic E-state index is 0.0935. The van der Waals surface area contributed by atoms with Crippen molar-refractivity contribution in [3.05, 3.63) is 53.6 Å². The first-order valence-electron chi connectivity index (χ1n) is 7.14. The van der Waals surface area contributed by atoms with E-state index in [-0.39, 0.29) is 11.9 Å². The Bertz CT molecular complexity index is 551. The summed E-state index contributed by atoms with van der Waals surface area (Å²) in [5, 5.41) is 3.70. The van der Waals surface area contributed by atoms with Gasteiger partial charge in [-0.25, -0.2) is 4.98 Å². The van der Waals surface area contributed by atoms with Gasteiger partial charge >= 0.3 is 0 Å². The van der Waals surface area contributed by atoms with Gasteiger partial charge in [0.15, 0.2) is 0 Å². The van der Waals surface area contributed by atoms with Crippen molar-refractivity contribution in [3.8, 4) is 0 Å². The van der Waals surface area contributed by atoms with Crippen LogP contribution in [0.5, 0.6) is 0 Å². The van der Waals surface area contributed by atoms with Gasteiger partial charge in [-0.1, -0.05) is 23.7 Å². The number of halogens is 1.